The SMILES string of the molecule is CC1=NOC(=O)/C1=C\c1cc(Cl)cc(Cl)c1OCc1cccc2ccccc12. The van der Waals surface area contributed by atoms with Gasteiger partial charge in [0.15, 0.2) is 0 Å². The Morgan fingerprint density at radius 1 is 1.11 bits per heavy atom. The van der Waals surface area contributed by atoms with Crippen LogP contribution in [0.2, 0.25) is 10.0 Å². The number of benzene rings is 3. The lowest BCUT2D eigenvalue weighted by Crippen LogP contribution is -2.03. The number of carbonyl (C=O) groups is 1. The Labute approximate surface area is 172 Å². The average Bonchev–Trinajstić information content (AvgIpc) is 2.99. The Balaban J connectivity index is 1.71. The summed E-state index contributed by atoms with van der Waals surface area (Å²) in [6.07, 6.45) is 1.63. The van der Waals surface area contributed by atoms with Crippen molar-refractivity contribution >= 4 is 51.7 Å². The number of nitrogens with zero attached hydrogens (tertiary/aromatic N) is 1. The number of ether oxygens (including phenoxy) is 1. The maximum atomic E-state index is 11.9. The molecule has 4 nitrogen and oxygen atoms in total. The third kappa shape index (κ3) is 3.61. The molecular weight excluding hydrogens is 397 g/mol. The molecule has 140 valence electrons. The largest absolute Gasteiger partial charge is 0.487 e. The fourth-order valence-electron chi connectivity index (χ4n) is 3.08. The van der Waals surface area contributed by atoms with Crippen LogP contribution in [-0.2, 0) is 16.2 Å². The van der Waals surface area contributed by atoms with Crippen molar-refractivity contribution in [2.75, 3.05) is 0 Å². The zero-order valence-corrected chi connectivity index (χ0v) is 16.4. The predicted molar refractivity (Wildman–Crippen MR) is 112 cm³/mol. The molecule has 0 spiro atoms. The highest BCUT2D eigenvalue weighted by atomic mass is 35.5. The summed E-state index contributed by atoms with van der Waals surface area (Å²) < 4.78 is 6.07. The molecule has 0 amide bonds. The van der Waals surface area contributed by atoms with E-state index >= 15 is 0 Å². The minimum Gasteiger partial charge on any atom is -0.487 e. The third-order valence-corrected chi connectivity index (χ3v) is 4.96. The van der Waals surface area contributed by atoms with Crippen molar-refractivity contribution < 1.29 is 14.4 Å². The highest BCUT2D eigenvalue weighted by Gasteiger charge is 2.23. The van der Waals surface area contributed by atoms with Gasteiger partial charge in [0.25, 0.3) is 0 Å². The first-order chi connectivity index (χ1) is 13.5. The molecule has 28 heavy (non-hydrogen) atoms. The van der Waals surface area contributed by atoms with E-state index in [0.29, 0.717) is 39.2 Å². The Morgan fingerprint density at radius 2 is 1.89 bits per heavy atom. The van der Waals surface area contributed by atoms with E-state index in [-0.39, 0.29) is 0 Å². The van der Waals surface area contributed by atoms with Crippen LogP contribution in [0.25, 0.3) is 16.8 Å². The summed E-state index contributed by atoms with van der Waals surface area (Å²) >= 11 is 12.6. The fraction of sp³-hybridized carbons (Fsp3) is 0.0909. The van der Waals surface area contributed by atoms with Crippen LogP contribution in [0, 0.1) is 0 Å². The number of halogens is 2. The normalized spacial score (nSPS) is 15.0. The Kier molecular flexibility index (Phi) is 5.07. The molecule has 0 radical (unpaired) electrons. The van der Waals surface area contributed by atoms with Crippen molar-refractivity contribution in [1.82, 2.24) is 0 Å². The molecule has 0 aliphatic carbocycles. The lowest BCUT2D eigenvalue weighted by Gasteiger charge is -2.14. The van der Waals surface area contributed by atoms with E-state index in [1.54, 1.807) is 25.1 Å². The molecule has 4 rings (SSSR count). The molecule has 0 aromatic heterocycles. The molecule has 1 heterocycles. The number of rotatable bonds is 4. The van der Waals surface area contributed by atoms with E-state index in [1.165, 1.54) is 0 Å². The second-order valence-corrected chi connectivity index (χ2v) is 7.19. The molecule has 1 aliphatic heterocycles. The number of hydrogen-bond acceptors (Lipinski definition) is 4. The molecule has 0 N–H and O–H groups in total. The van der Waals surface area contributed by atoms with E-state index in [1.807, 2.05) is 24.3 Å². The van der Waals surface area contributed by atoms with Gasteiger partial charge in [-0.2, -0.15) is 0 Å². The smallest absolute Gasteiger partial charge is 0.367 e. The van der Waals surface area contributed by atoms with Crippen molar-refractivity contribution in [3.8, 4) is 5.75 Å². The number of carbonyl (C=O) groups excluding carboxylic acids is 1. The quantitative estimate of drug-likeness (QED) is 0.388. The van der Waals surface area contributed by atoms with Crippen molar-refractivity contribution in [3.63, 3.8) is 0 Å². The minimum absolute atomic E-state index is 0.316. The maximum absolute atomic E-state index is 11.9. The molecule has 3 aromatic rings. The van der Waals surface area contributed by atoms with Crippen LogP contribution in [-0.4, -0.2) is 11.7 Å². The van der Waals surface area contributed by atoms with Crippen molar-refractivity contribution in [2.24, 2.45) is 5.16 Å². The van der Waals surface area contributed by atoms with Crippen LogP contribution < -0.4 is 4.74 Å². The third-order valence-electron chi connectivity index (χ3n) is 4.46. The number of fused-ring (bicyclic) bond motifs is 1. The van der Waals surface area contributed by atoms with Crippen molar-refractivity contribution in [3.05, 3.63) is 81.3 Å². The lowest BCUT2D eigenvalue weighted by molar-refractivity contribution is -0.136. The Morgan fingerprint density at radius 3 is 2.68 bits per heavy atom. The first kappa shape index (κ1) is 18.5. The summed E-state index contributed by atoms with van der Waals surface area (Å²) in [5.41, 5.74) is 2.44. The summed E-state index contributed by atoms with van der Waals surface area (Å²) in [5, 5.41) is 6.73. The van der Waals surface area contributed by atoms with E-state index in [9.17, 15) is 4.79 Å². The standard InChI is InChI=1S/C22H15Cl2NO3/c1-13-19(22(26)28-25-13)10-16-9-17(23)11-20(24)21(16)27-12-15-7-4-6-14-5-2-3-8-18(14)15/h2-11H,12H2,1H3/b19-10-. The molecular formula is C22H15Cl2NO3. The monoisotopic (exact) mass is 411 g/mol. The van der Waals surface area contributed by atoms with Crippen LogP contribution in [0.4, 0.5) is 0 Å². The first-order valence-electron chi connectivity index (χ1n) is 8.59. The summed E-state index contributed by atoms with van der Waals surface area (Å²) in [6, 6.07) is 17.4. The number of oxime groups is 1. The molecule has 0 fully saturated rings. The summed E-state index contributed by atoms with van der Waals surface area (Å²) in [5.74, 6) is -0.0763. The van der Waals surface area contributed by atoms with Gasteiger partial charge in [-0.1, -0.05) is 70.8 Å². The molecule has 0 bridgehead atoms. The van der Waals surface area contributed by atoms with Crippen molar-refractivity contribution in [2.45, 2.75) is 13.5 Å². The fourth-order valence-corrected chi connectivity index (χ4v) is 3.65. The second kappa shape index (κ2) is 7.66. The van der Waals surface area contributed by atoms with E-state index in [4.69, 9.17) is 32.8 Å². The van der Waals surface area contributed by atoms with Crippen LogP contribution in [0.1, 0.15) is 18.1 Å². The van der Waals surface area contributed by atoms with Gasteiger partial charge in [-0.3, -0.25) is 0 Å². The van der Waals surface area contributed by atoms with Crippen LogP contribution in [0.5, 0.6) is 5.75 Å². The van der Waals surface area contributed by atoms with Crippen molar-refractivity contribution in [1.29, 1.82) is 0 Å². The predicted octanol–water partition coefficient (Wildman–Crippen LogP) is 6.04. The highest BCUT2D eigenvalue weighted by Crippen LogP contribution is 2.35. The molecule has 6 heteroatoms. The van der Waals surface area contributed by atoms with E-state index in [0.717, 1.165) is 16.3 Å². The van der Waals surface area contributed by atoms with E-state index < -0.39 is 5.97 Å². The highest BCUT2D eigenvalue weighted by molar-refractivity contribution is 6.36. The van der Waals surface area contributed by atoms with Gasteiger partial charge < -0.3 is 9.57 Å². The molecule has 0 atom stereocenters. The molecule has 0 saturated carbocycles. The van der Waals surface area contributed by atoms with Crippen LogP contribution >= 0.6 is 23.2 Å². The topological polar surface area (TPSA) is 47.9 Å². The molecule has 3 aromatic carbocycles. The average molecular weight is 412 g/mol. The molecule has 0 saturated heterocycles. The zero-order chi connectivity index (χ0) is 19.7. The lowest BCUT2D eigenvalue weighted by atomic mass is 10.0. The number of hydrogen-bond donors (Lipinski definition) is 0. The summed E-state index contributed by atoms with van der Waals surface area (Å²) in [6.45, 7) is 2.01. The first-order valence-corrected chi connectivity index (χ1v) is 9.35. The van der Waals surface area contributed by atoms with Gasteiger partial charge in [0.2, 0.25) is 0 Å². The van der Waals surface area contributed by atoms with Gasteiger partial charge in [-0.05, 0) is 41.5 Å². The second-order valence-electron chi connectivity index (χ2n) is 6.35. The zero-order valence-electron chi connectivity index (χ0n) is 14.9. The van der Waals surface area contributed by atoms with E-state index in [2.05, 4.69) is 23.4 Å². The molecule has 0 unspecified atom stereocenters. The molecule has 1 aliphatic rings. The Hall–Kier alpha value is -2.82. The van der Waals surface area contributed by atoms with Crippen LogP contribution in [0.3, 0.4) is 0 Å². The van der Waals surface area contributed by atoms with Gasteiger partial charge >= 0.3 is 5.97 Å². The van der Waals surface area contributed by atoms with Crippen LogP contribution in [0.15, 0.2) is 65.3 Å². The van der Waals surface area contributed by atoms with Gasteiger partial charge in [0.05, 0.1) is 16.3 Å². The maximum Gasteiger partial charge on any atom is 0.367 e. The summed E-state index contributed by atoms with van der Waals surface area (Å²) in [4.78, 5) is 16.6. The van der Waals surface area contributed by atoms with Gasteiger partial charge in [-0.25, -0.2) is 4.79 Å². The Bertz CT molecular complexity index is 1150. The van der Waals surface area contributed by atoms with Gasteiger partial charge in [0, 0.05) is 10.6 Å². The van der Waals surface area contributed by atoms with Gasteiger partial charge in [0.1, 0.15) is 12.4 Å². The minimum atomic E-state index is -0.520. The van der Waals surface area contributed by atoms with Gasteiger partial charge in [-0.15, -0.1) is 0 Å². The summed E-state index contributed by atoms with van der Waals surface area (Å²) in [7, 11) is 0.